The highest BCUT2D eigenvalue weighted by Gasteiger charge is 2.36. The Kier molecular flexibility index (Phi) is 5.17. The van der Waals surface area contributed by atoms with Gasteiger partial charge in [0.2, 0.25) is 0 Å². The van der Waals surface area contributed by atoms with E-state index in [1.165, 1.54) is 4.90 Å². The summed E-state index contributed by atoms with van der Waals surface area (Å²) < 4.78 is 0. The Bertz CT molecular complexity index is 1290. The number of fused-ring (bicyclic) bond motifs is 1. The van der Waals surface area contributed by atoms with Crippen LogP contribution in [0.5, 0.6) is 0 Å². The molecule has 1 aliphatic rings. The van der Waals surface area contributed by atoms with E-state index in [4.69, 9.17) is 11.6 Å². The van der Waals surface area contributed by atoms with Gasteiger partial charge in [-0.05, 0) is 66.2 Å². The zero-order valence-electron chi connectivity index (χ0n) is 17.0. The fraction of sp³-hybridized carbons (Fsp3) is 0.0385. The molecule has 0 fully saturated rings. The predicted molar refractivity (Wildman–Crippen MR) is 125 cm³/mol. The molecule has 156 valence electrons. The molecule has 5 nitrogen and oxygen atoms in total. The normalized spacial score (nSPS) is 12.7. The van der Waals surface area contributed by atoms with Gasteiger partial charge >= 0.3 is 0 Å². The fourth-order valence-corrected chi connectivity index (χ4v) is 3.98. The van der Waals surface area contributed by atoms with Crippen molar-refractivity contribution in [2.24, 2.45) is 0 Å². The van der Waals surface area contributed by atoms with Crippen molar-refractivity contribution in [2.45, 2.75) is 6.54 Å². The molecule has 3 aromatic carbocycles. The topological polar surface area (TPSA) is 53.5 Å². The lowest BCUT2D eigenvalue weighted by Crippen LogP contribution is -2.29. The van der Waals surface area contributed by atoms with Crippen LogP contribution in [0.15, 0.2) is 97.3 Å². The summed E-state index contributed by atoms with van der Waals surface area (Å²) in [6.07, 6.45) is 3.32. The fourth-order valence-electron chi connectivity index (χ4n) is 3.85. The van der Waals surface area contributed by atoms with E-state index in [1.807, 2.05) is 71.6 Å². The van der Waals surface area contributed by atoms with Crippen LogP contribution in [0.2, 0.25) is 5.02 Å². The van der Waals surface area contributed by atoms with Crippen LogP contribution in [-0.2, 0) is 6.54 Å². The molecule has 6 heteroatoms. The maximum atomic E-state index is 13.2. The number of para-hydroxylation sites is 1. The number of halogens is 1. The van der Waals surface area contributed by atoms with Crippen LogP contribution in [-0.4, -0.2) is 21.7 Å². The highest BCUT2D eigenvalue weighted by Crippen LogP contribution is 2.37. The van der Waals surface area contributed by atoms with Gasteiger partial charge in [-0.1, -0.05) is 35.9 Å². The van der Waals surface area contributed by atoms with Gasteiger partial charge in [-0.2, -0.15) is 0 Å². The SMILES string of the molecule is O=C1c2ccc(N(c3ccccc3)c3ccc(Cl)cc3)cc2C(=O)N1Cc1cccnc1. The van der Waals surface area contributed by atoms with E-state index in [1.54, 1.807) is 30.6 Å². The number of carbonyl (C=O) groups excluding carboxylic acids is 2. The zero-order chi connectivity index (χ0) is 22.1. The number of rotatable bonds is 5. The number of imide groups is 1. The lowest BCUT2D eigenvalue weighted by atomic mass is 10.1. The Labute approximate surface area is 190 Å². The van der Waals surface area contributed by atoms with Crippen LogP contribution in [0.3, 0.4) is 0 Å². The number of anilines is 3. The first-order valence-corrected chi connectivity index (χ1v) is 10.5. The van der Waals surface area contributed by atoms with Crippen LogP contribution in [0, 0.1) is 0 Å². The molecule has 0 radical (unpaired) electrons. The van der Waals surface area contributed by atoms with E-state index in [0.717, 1.165) is 22.6 Å². The van der Waals surface area contributed by atoms with Gasteiger partial charge in [-0.25, -0.2) is 0 Å². The van der Waals surface area contributed by atoms with Crippen LogP contribution >= 0.6 is 11.6 Å². The van der Waals surface area contributed by atoms with Crippen molar-refractivity contribution in [1.29, 1.82) is 0 Å². The van der Waals surface area contributed by atoms with Gasteiger partial charge in [0.15, 0.2) is 0 Å². The number of benzene rings is 3. The first kappa shape index (κ1) is 20.0. The van der Waals surface area contributed by atoms with Gasteiger partial charge in [0, 0.05) is 34.5 Å². The molecule has 5 rings (SSSR count). The standard InChI is InChI=1S/C26H18ClN3O2/c27-19-8-10-21(11-9-19)30(20-6-2-1-3-7-20)22-12-13-23-24(15-22)26(32)29(25(23)31)17-18-5-4-14-28-16-18/h1-16H,17H2. The van der Waals surface area contributed by atoms with Crippen molar-refractivity contribution >= 4 is 40.5 Å². The number of carbonyl (C=O) groups is 2. The molecule has 4 aromatic rings. The number of aromatic nitrogens is 1. The van der Waals surface area contributed by atoms with Gasteiger partial charge in [-0.15, -0.1) is 0 Å². The van der Waals surface area contributed by atoms with Crippen molar-refractivity contribution in [1.82, 2.24) is 9.88 Å². The van der Waals surface area contributed by atoms with Crippen molar-refractivity contribution in [3.8, 4) is 0 Å². The van der Waals surface area contributed by atoms with E-state index in [9.17, 15) is 9.59 Å². The lowest BCUT2D eigenvalue weighted by Gasteiger charge is -2.25. The third-order valence-electron chi connectivity index (χ3n) is 5.38. The lowest BCUT2D eigenvalue weighted by molar-refractivity contribution is 0.0642. The molecule has 0 saturated heterocycles. The highest BCUT2D eigenvalue weighted by molar-refractivity contribution is 6.30. The van der Waals surface area contributed by atoms with Crippen LogP contribution in [0.25, 0.3) is 0 Å². The second-order valence-electron chi connectivity index (χ2n) is 7.43. The molecule has 2 amide bonds. The van der Waals surface area contributed by atoms with Crippen molar-refractivity contribution in [2.75, 3.05) is 4.90 Å². The minimum Gasteiger partial charge on any atom is -0.310 e. The van der Waals surface area contributed by atoms with Crippen LogP contribution in [0.4, 0.5) is 17.1 Å². The summed E-state index contributed by atoms with van der Waals surface area (Å²) >= 11 is 6.09. The van der Waals surface area contributed by atoms with E-state index >= 15 is 0 Å². The number of hydrogen-bond acceptors (Lipinski definition) is 4. The Morgan fingerprint density at radius 1 is 0.750 bits per heavy atom. The summed E-state index contributed by atoms with van der Waals surface area (Å²) in [6, 6.07) is 26.3. The van der Waals surface area contributed by atoms with Gasteiger partial charge in [0.05, 0.1) is 17.7 Å². The molecule has 1 aliphatic heterocycles. The summed E-state index contributed by atoms with van der Waals surface area (Å²) in [4.78, 5) is 33.4. The van der Waals surface area contributed by atoms with Gasteiger partial charge in [0.25, 0.3) is 11.8 Å². The minimum absolute atomic E-state index is 0.190. The van der Waals surface area contributed by atoms with Crippen molar-refractivity contribution in [3.63, 3.8) is 0 Å². The summed E-state index contributed by atoms with van der Waals surface area (Å²) in [5, 5.41) is 0.641. The molecule has 2 heterocycles. The molecular weight excluding hydrogens is 422 g/mol. The largest absolute Gasteiger partial charge is 0.310 e. The second kappa shape index (κ2) is 8.29. The Balaban J connectivity index is 1.55. The predicted octanol–water partition coefficient (Wildman–Crippen LogP) is 6.00. The van der Waals surface area contributed by atoms with Crippen molar-refractivity contribution in [3.05, 3.63) is 119 Å². The Morgan fingerprint density at radius 3 is 2.16 bits per heavy atom. The molecule has 0 spiro atoms. The quantitative estimate of drug-likeness (QED) is 0.358. The first-order valence-electron chi connectivity index (χ1n) is 10.1. The van der Waals surface area contributed by atoms with Crippen molar-refractivity contribution < 1.29 is 9.59 Å². The summed E-state index contributed by atoms with van der Waals surface area (Å²) in [6.45, 7) is 0.190. The molecule has 32 heavy (non-hydrogen) atoms. The van der Waals surface area contributed by atoms with Gasteiger partial charge in [-0.3, -0.25) is 19.5 Å². The maximum absolute atomic E-state index is 13.2. The van der Waals surface area contributed by atoms with Crippen LogP contribution < -0.4 is 4.90 Å². The summed E-state index contributed by atoms with van der Waals surface area (Å²) in [5.41, 5.74) is 4.21. The number of amides is 2. The number of pyridine rings is 1. The van der Waals surface area contributed by atoms with E-state index < -0.39 is 0 Å². The van der Waals surface area contributed by atoms with E-state index in [-0.39, 0.29) is 18.4 Å². The smallest absolute Gasteiger partial charge is 0.261 e. The zero-order valence-corrected chi connectivity index (χ0v) is 17.7. The third kappa shape index (κ3) is 3.63. The first-order chi connectivity index (χ1) is 15.6. The van der Waals surface area contributed by atoms with E-state index in [0.29, 0.717) is 16.1 Å². The monoisotopic (exact) mass is 439 g/mol. The summed E-state index contributed by atoms with van der Waals surface area (Å²) in [7, 11) is 0. The average molecular weight is 440 g/mol. The third-order valence-corrected chi connectivity index (χ3v) is 5.63. The second-order valence-corrected chi connectivity index (χ2v) is 7.87. The molecule has 0 aliphatic carbocycles. The van der Waals surface area contributed by atoms with Gasteiger partial charge < -0.3 is 4.90 Å². The number of hydrogen-bond donors (Lipinski definition) is 0. The van der Waals surface area contributed by atoms with Gasteiger partial charge in [0.1, 0.15) is 0 Å². The molecular formula is C26H18ClN3O2. The number of nitrogens with zero attached hydrogens (tertiary/aromatic N) is 3. The molecule has 1 aromatic heterocycles. The molecule has 0 unspecified atom stereocenters. The highest BCUT2D eigenvalue weighted by atomic mass is 35.5. The average Bonchev–Trinajstić information content (AvgIpc) is 3.06. The molecule has 0 bridgehead atoms. The minimum atomic E-state index is -0.306. The molecule has 0 atom stereocenters. The van der Waals surface area contributed by atoms with E-state index in [2.05, 4.69) is 4.98 Å². The van der Waals surface area contributed by atoms with Crippen LogP contribution in [0.1, 0.15) is 26.3 Å². The summed E-state index contributed by atoms with van der Waals surface area (Å²) in [5.74, 6) is -0.599. The Morgan fingerprint density at radius 2 is 1.44 bits per heavy atom. The Hall–Kier alpha value is -3.96. The molecule has 0 saturated carbocycles. The molecule has 0 N–H and O–H groups in total. The maximum Gasteiger partial charge on any atom is 0.261 e.